The molecule has 2 aromatic carbocycles. The van der Waals surface area contributed by atoms with Gasteiger partial charge in [0.2, 0.25) is 10.0 Å². The summed E-state index contributed by atoms with van der Waals surface area (Å²) >= 11 is 6.08. The van der Waals surface area contributed by atoms with Gasteiger partial charge in [-0.1, -0.05) is 47.1 Å². The van der Waals surface area contributed by atoms with Crippen LogP contribution in [0.15, 0.2) is 57.9 Å². The van der Waals surface area contributed by atoms with Crippen LogP contribution in [0.4, 0.5) is 0 Å². The zero-order valence-corrected chi connectivity index (χ0v) is 21.2. The molecule has 0 aliphatic carbocycles. The van der Waals surface area contributed by atoms with E-state index in [2.05, 4.69) is 53.0 Å². The molecular weight excluding hydrogens is 470 g/mol. The van der Waals surface area contributed by atoms with Crippen LogP contribution in [-0.4, -0.2) is 35.5 Å². The molecule has 178 valence electrons. The van der Waals surface area contributed by atoms with E-state index < -0.39 is 10.0 Å². The van der Waals surface area contributed by atoms with Gasteiger partial charge in [-0.05, 0) is 68.9 Å². The van der Waals surface area contributed by atoms with Crippen molar-refractivity contribution in [3.63, 3.8) is 0 Å². The van der Waals surface area contributed by atoms with Crippen molar-refractivity contribution in [2.75, 3.05) is 13.1 Å². The first-order valence-corrected chi connectivity index (χ1v) is 13.3. The maximum Gasteiger partial charge on any atom is 0.248 e. The molecule has 0 N–H and O–H groups in total. The quantitative estimate of drug-likeness (QED) is 0.348. The van der Waals surface area contributed by atoms with E-state index in [4.69, 9.17) is 16.1 Å². The number of piperidine rings is 1. The van der Waals surface area contributed by atoms with Crippen LogP contribution in [-0.2, 0) is 16.6 Å². The van der Waals surface area contributed by atoms with Gasteiger partial charge in [0.15, 0.2) is 5.76 Å². The number of halogens is 1. The predicted molar refractivity (Wildman–Crippen MR) is 134 cm³/mol. The van der Waals surface area contributed by atoms with Crippen molar-refractivity contribution >= 4 is 32.5 Å². The van der Waals surface area contributed by atoms with Crippen LogP contribution in [0.1, 0.15) is 47.0 Å². The number of rotatable bonds is 5. The maximum absolute atomic E-state index is 13.3. The van der Waals surface area contributed by atoms with Crippen LogP contribution >= 0.6 is 11.6 Å². The minimum atomic E-state index is -3.62. The lowest BCUT2D eigenvalue weighted by Crippen LogP contribution is -2.38. The Morgan fingerprint density at radius 3 is 2.35 bits per heavy atom. The second-order valence-corrected chi connectivity index (χ2v) is 11.4. The number of aromatic nitrogens is 2. The first-order chi connectivity index (χ1) is 16.3. The number of hydrogen-bond donors (Lipinski definition) is 0. The fraction of sp³-hybridized carbons (Fsp3) is 0.346. The molecule has 0 spiro atoms. The summed E-state index contributed by atoms with van der Waals surface area (Å²) in [5.41, 5.74) is 5.39. The summed E-state index contributed by atoms with van der Waals surface area (Å²) in [5.74, 6) is 0.647. The van der Waals surface area contributed by atoms with Crippen molar-refractivity contribution in [3.05, 3.63) is 81.8 Å². The molecule has 3 heterocycles. The molecule has 0 radical (unpaired) electrons. The summed E-state index contributed by atoms with van der Waals surface area (Å²) in [4.78, 5) is 0.210. The van der Waals surface area contributed by atoms with Gasteiger partial charge in [-0.2, -0.15) is 4.31 Å². The Bertz CT molecular complexity index is 1430. The summed E-state index contributed by atoms with van der Waals surface area (Å²) in [5, 5.41) is 5.82. The summed E-state index contributed by atoms with van der Waals surface area (Å²) in [6.07, 6.45) is 1.55. The van der Waals surface area contributed by atoms with Gasteiger partial charge in [-0.15, -0.1) is 0 Å². The highest BCUT2D eigenvalue weighted by molar-refractivity contribution is 7.89. The first-order valence-electron chi connectivity index (χ1n) is 11.5. The third-order valence-corrected chi connectivity index (χ3v) is 9.36. The Hall–Kier alpha value is -2.61. The standard InChI is InChI=1S/C26H28ClN3O3S/c1-17-26(19(3)33-28-17)34(31,32)29-14-12-21(13-15-29)25-18(2)30(24-7-5-4-6-23(24)25)16-20-8-10-22(27)11-9-20/h4-11,21H,12-16H2,1-3H3. The Morgan fingerprint density at radius 2 is 1.71 bits per heavy atom. The van der Waals surface area contributed by atoms with E-state index >= 15 is 0 Å². The monoisotopic (exact) mass is 497 g/mol. The minimum absolute atomic E-state index is 0.210. The van der Waals surface area contributed by atoms with Gasteiger partial charge in [0.1, 0.15) is 10.6 Å². The summed E-state index contributed by atoms with van der Waals surface area (Å²) in [7, 11) is -3.62. The highest BCUT2D eigenvalue weighted by atomic mass is 35.5. The van der Waals surface area contributed by atoms with Gasteiger partial charge in [0, 0.05) is 41.3 Å². The van der Waals surface area contributed by atoms with E-state index in [9.17, 15) is 8.42 Å². The normalized spacial score (nSPS) is 15.9. The van der Waals surface area contributed by atoms with Gasteiger partial charge in [-0.3, -0.25) is 0 Å². The lowest BCUT2D eigenvalue weighted by Gasteiger charge is -2.31. The number of nitrogens with zero attached hydrogens (tertiary/aromatic N) is 3. The van der Waals surface area contributed by atoms with E-state index in [0.717, 1.165) is 24.4 Å². The topological polar surface area (TPSA) is 68.3 Å². The van der Waals surface area contributed by atoms with E-state index in [-0.39, 0.29) is 4.90 Å². The summed E-state index contributed by atoms with van der Waals surface area (Å²) < 4.78 is 35.6. The van der Waals surface area contributed by atoms with Crippen molar-refractivity contribution in [3.8, 4) is 0 Å². The molecule has 0 atom stereocenters. The number of para-hydroxylation sites is 1. The van der Waals surface area contributed by atoms with Gasteiger partial charge < -0.3 is 9.09 Å². The molecule has 1 saturated heterocycles. The van der Waals surface area contributed by atoms with Crippen molar-refractivity contribution in [1.29, 1.82) is 0 Å². The predicted octanol–water partition coefficient (Wildman–Crippen LogP) is 5.82. The fourth-order valence-electron chi connectivity index (χ4n) is 5.31. The number of fused-ring (bicyclic) bond motifs is 1. The smallest absolute Gasteiger partial charge is 0.248 e. The van der Waals surface area contributed by atoms with Gasteiger partial charge in [0.25, 0.3) is 0 Å². The van der Waals surface area contributed by atoms with E-state index in [1.165, 1.54) is 27.7 Å². The zero-order chi connectivity index (χ0) is 24.0. The molecule has 34 heavy (non-hydrogen) atoms. The minimum Gasteiger partial charge on any atom is -0.360 e. The third kappa shape index (κ3) is 3.96. The molecule has 0 amide bonds. The molecular formula is C26H28ClN3O3S. The van der Waals surface area contributed by atoms with Crippen LogP contribution in [0.25, 0.3) is 10.9 Å². The summed E-state index contributed by atoms with van der Waals surface area (Å²) in [6.45, 7) is 7.23. The molecule has 2 aromatic heterocycles. The van der Waals surface area contributed by atoms with Gasteiger partial charge >= 0.3 is 0 Å². The average molecular weight is 498 g/mol. The molecule has 0 unspecified atom stereocenters. The lowest BCUT2D eigenvalue weighted by molar-refractivity contribution is 0.318. The Labute approximate surface area is 205 Å². The molecule has 5 rings (SSSR count). The molecule has 0 bridgehead atoms. The van der Waals surface area contributed by atoms with Crippen LogP contribution in [0.2, 0.25) is 5.02 Å². The van der Waals surface area contributed by atoms with E-state index in [1.807, 2.05) is 12.1 Å². The Balaban J connectivity index is 1.44. The Kier molecular flexibility index (Phi) is 6.04. The van der Waals surface area contributed by atoms with Crippen molar-refractivity contribution in [2.24, 2.45) is 0 Å². The SMILES string of the molecule is Cc1noc(C)c1S(=O)(=O)N1CCC(c2c(C)n(Cc3ccc(Cl)cc3)c3ccccc23)CC1. The second kappa shape index (κ2) is 8.87. The first kappa shape index (κ1) is 23.1. The molecule has 1 fully saturated rings. The highest BCUT2D eigenvalue weighted by Crippen LogP contribution is 2.39. The molecule has 1 aliphatic rings. The van der Waals surface area contributed by atoms with Crippen LogP contribution < -0.4 is 0 Å². The van der Waals surface area contributed by atoms with Gasteiger partial charge in [0.05, 0.1) is 0 Å². The number of aryl methyl sites for hydroxylation is 2. The molecule has 6 nitrogen and oxygen atoms in total. The average Bonchev–Trinajstić information content (AvgIpc) is 3.31. The van der Waals surface area contributed by atoms with E-state index in [0.29, 0.717) is 30.5 Å². The van der Waals surface area contributed by atoms with Crippen molar-refractivity contribution < 1.29 is 12.9 Å². The van der Waals surface area contributed by atoms with Crippen molar-refractivity contribution in [2.45, 2.75) is 51.0 Å². The molecule has 0 saturated carbocycles. The molecule has 1 aliphatic heterocycles. The summed E-state index contributed by atoms with van der Waals surface area (Å²) in [6, 6.07) is 16.5. The number of sulfonamides is 1. The second-order valence-electron chi connectivity index (χ2n) is 9.06. The maximum atomic E-state index is 13.3. The molecule has 4 aromatic rings. The largest absolute Gasteiger partial charge is 0.360 e. The highest BCUT2D eigenvalue weighted by Gasteiger charge is 2.35. The Morgan fingerprint density at radius 1 is 1.03 bits per heavy atom. The third-order valence-electron chi connectivity index (χ3n) is 6.96. The lowest BCUT2D eigenvalue weighted by atomic mass is 9.88. The van der Waals surface area contributed by atoms with Crippen LogP contribution in [0.5, 0.6) is 0 Å². The van der Waals surface area contributed by atoms with Crippen molar-refractivity contribution in [1.82, 2.24) is 14.0 Å². The zero-order valence-electron chi connectivity index (χ0n) is 19.6. The number of hydrogen-bond acceptors (Lipinski definition) is 4. The molecule has 8 heteroatoms. The van der Waals surface area contributed by atoms with Gasteiger partial charge in [-0.25, -0.2) is 8.42 Å². The van der Waals surface area contributed by atoms with Crippen LogP contribution in [0.3, 0.4) is 0 Å². The fourth-order valence-corrected chi connectivity index (χ4v) is 7.19. The van der Waals surface area contributed by atoms with Crippen LogP contribution in [0, 0.1) is 20.8 Å². The number of benzene rings is 2. The van der Waals surface area contributed by atoms with E-state index in [1.54, 1.807) is 18.2 Å².